The molecule has 2 aromatic rings. The molecular weight excluding hydrogens is 391 g/mol. The Morgan fingerprint density at radius 3 is 2.32 bits per heavy atom. The molecule has 0 fully saturated rings. The Hall–Kier alpha value is -2.32. The van der Waals surface area contributed by atoms with E-state index in [-0.39, 0.29) is 17.1 Å². The maximum absolute atomic E-state index is 14.0. The lowest BCUT2D eigenvalue weighted by Gasteiger charge is -2.29. The minimum atomic E-state index is -3.27. The van der Waals surface area contributed by atoms with Crippen LogP contribution in [0.15, 0.2) is 52.9 Å². The van der Waals surface area contributed by atoms with Crippen LogP contribution in [-0.4, -0.2) is 27.3 Å². The average Bonchev–Trinajstić information content (AvgIpc) is 2.63. The zero-order valence-electron chi connectivity index (χ0n) is 15.2. The predicted octanol–water partition coefficient (Wildman–Crippen LogP) is 3.72. The second kappa shape index (κ2) is 7.97. The first kappa shape index (κ1) is 20.4. The minimum Gasteiger partial charge on any atom is -0.489 e. The minimum absolute atomic E-state index is 0.0685. The molecule has 4 nitrogen and oxygen atoms in total. The molecule has 0 saturated heterocycles. The van der Waals surface area contributed by atoms with Gasteiger partial charge in [-0.05, 0) is 54.3 Å². The first-order valence-electron chi connectivity index (χ1n) is 8.66. The number of benzene rings is 2. The number of ether oxygens (including phenoxy) is 1. The summed E-state index contributed by atoms with van der Waals surface area (Å²) < 4.78 is 69.2. The smallest absolute Gasteiger partial charge is 0.175 e. The van der Waals surface area contributed by atoms with E-state index in [1.165, 1.54) is 12.1 Å². The molecule has 2 atom stereocenters. The second-order valence-corrected chi connectivity index (χ2v) is 8.91. The fourth-order valence-electron chi connectivity index (χ4n) is 3.25. The van der Waals surface area contributed by atoms with Crippen molar-refractivity contribution in [3.8, 4) is 5.75 Å². The summed E-state index contributed by atoms with van der Waals surface area (Å²) in [7, 11) is -3.27. The fourth-order valence-corrected chi connectivity index (χ4v) is 3.88. The number of sulfone groups is 1. The third-order valence-corrected chi connectivity index (χ3v) is 5.92. The largest absolute Gasteiger partial charge is 0.489 e. The van der Waals surface area contributed by atoms with Gasteiger partial charge in [0.1, 0.15) is 18.2 Å². The van der Waals surface area contributed by atoms with Gasteiger partial charge in [-0.2, -0.15) is 0 Å². The van der Waals surface area contributed by atoms with E-state index in [2.05, 4.69) is 0 Å². The summed E-state index contributed by atoms with van der Waals surface area (Å²) in [4.78, 5) is 0.204. The van der Waals surface area contributed by atoms with E-state index in [0.29, 0.717) is 24.7 Å². The van der Waals surface area contributed by atoms with Gasteiger partial charge in [0.25, 0.3) is 0 Å². The van der Waals surface area contributed by atoms with Gasteiger partial charge in [0.15, 0.2) is 21.5 Å². The van der Waals surface area contributed by atoms with Crippen LogP contribution >= 0.6 is 0 Å². The van der Waals surface area contributed by atoms with E-state index in [4.69, 9.17) is 10.5 Å². The normalized spacial score (nSPS) is 20.0. The van der Waals surface area contributed by atoms with E-state index in [1.54, 1.807) is 12.1 Å². The Morgan fingerprint density at radius 1 is 1.07 bits per heavy atom. The summed E-state index contributed by atoms with van der Waals surface area (Å²) in [6.45, 7) is 0.249. The third-order valence-electron chi connectivity index (χ3n) is 4.79. The van der Waals surface area contributed by atoms with Gasteiger partial charge >= 0.3 is 0 Å². The zero-order chi connectivity index (χ0) is 20.5. The van der Waals surface area contributed by atoms with Crippen molar-refractivity contribution in [3.63, 3.8) is 0 Å². The van der Waals surface area contributed by atoms with E-state index in [0.717, 1.165) is 17.9 Å². The van der Waals surface area contributed by atoms with Crippen molar-refractivity contribution >= 4 is 9.84 Å². The van der Waals surface area contributed by atoms with Gasteiger partial charge in [0.2, 0.25) is 0 Å². The lowest BCUT2D eigenvalue weighted by atomic mass is 9.81. The van der Waals surface area contributed by atoms with E-state index in [1.807, 2.05) is 6.08 Å². The van der Waals surface area contributed by atoms with Gasteiger partial charge < -0.3 is 10.5 Å². The summed E-state index contributed by atoms with van der Waals surface area (Å²) in [5.41, 5.74) is 7.12. The molecule has 1 aliphatic carbocycles. The van der Waals surface area contributed by atoms with Crippen molar-refractivity contribution in [1.29, 1.82) is 0 Å². The Kier molecular flexibility index (Phi) is 5.81. The van der Waals surface area contributed by atoms with Crippen molar-refractivity contribution in [2.75, 3.05) is 12.9 Å². The van der Waals surface area contributed by atoms with Crippen molar-refractivity contribution in [2.45, 2.75) is 29.7 Å². The highest BCUT2D eigenvalue weighted by Gasteiger charge is 2.28. The molecule has 0 heterocycles. The Bertz CT molecular complexity index is 1000. The standard InChI is InChI=1S/C20H20F3NO3S/c1-28(25,26)14-5-3-13(4-6-14)27-11-12-2-7-15(20(24)8-12)16-9-18(22)19(23)10-17(16)21/h2-6,9-10,15,20H,7-8,11,24H2,1H3/t15-,20+/m0/s1. The van der Waals surface area contributed by atoms with Crippen LogP contribution in [0.3, 0.4) is 0 Å². The van der Waals surface area contributed by atoms with Crippen LogP contribution < -0.4 is 10.5 Å². The van der Waals surface area contributed by atoms with Crippen LogP contribution in [0.4, 0.5) is 13.2 Å². The van der Waals surface area contributed by atoms with Crippen LogP contribution in [-0.2, 0) is 9.84 Å². The summed E-state index contributed by atoms with van der Waals surface area (Å²) in [6.07, 6.45) is 3.79. The molecule has 2 aromatic carbocycles. The third kappa shape index (κ3) is 4.56. The molecule has 0 spiro atoms. The highest BCUT2D eigenvalue weighted by Crippen LogP contribution is 2.34. The first-order chi connectivity index (χ1) is 13.1. The van der Waals surface area contributed by atoms with Gasteiger partial charge in [-0.1, -0.05) is 6.08 Å². The molecule has 0 aliphatic heterocycles. The maximum Gasteiger partial charge on any atom is 0.175 e. The molecule has 150 valence electrons. The first-order valence-corrected chi connectivity index (χ1v) is 10.5. The molecule has 2 N–H and O–H groups in total. The molecule has 28 heavy (non-hydrogen) atoms. The highest BCUT2D eigenvalue weighted by molar-refractivity contribution is 7.90. The topological polar surface area (TPSA) is 69.4 Å². The summed E-state index contributed by atoms with van der Waals surface area (Å²) in [6, 6.07) is 7.02. The van der Waals surface area contributed by atoms with Crippen molar-refractivity contribution in [2.24, 2.45) is 5.73 Å². The Balaban J connectivity index is 1.66. The van der Waals surface area contributed by atoms with Crippen molar-refractivity contribution in [3.05, 3.63) is 71.1 Å². The SMILES string of the molecule is CS(=O)(=O)c1ccc(OCC2=CC[C@@H](c3cc(F)c(F)cc3F)[C@H](N)C2)cc1. The van der Waals surface area contributed by atoms with E-state index >= 15 is 0 Å². The van der Waals surface area contributed by atoms with E-state index in [9.17, 15) is 21.6 Å². The monoisotopic (exact) mass is 411 g/mol. The van der Waals surface area contributed by atoms with Gasteiger partial charge in [0, 0.05) is 24.3 Å². The number of hydrogen-bond acceptors (Lipinski definition) is 4. The molecule has 0 aromatic heterocycles. The van der Waals surface area contributed by atoms with Crippen LogP contribution in [0.1, 0.15) is 24.3 Å². The molecule has 8 heteroatoms. The molecular formula is C20H20F3NO3S. The quantitative estimate of drug-likeness (QED) is 0.602. The molecule has 0 bridgehead atoms. The summed E-state index contributed by atoms with van der Waals surface area (Å²) in [5.74, 6) is -3.07. The van der Waals surface area contributed by atoms with E-state index < -0.39 is 39.2 Å². The lowest BCUT2D eigenvalue weighted by molar-refractivity contribution is 0.335. The molecule has 1 aliphatic rings. The molecule has 0 saturated carbocycles. The van der Waals surface area contributed by atoms with Gasteiger partial charge in [0.05, 0.1) is 4.90 Å². The summed E-state index contributed by atoms with van der Waals surface area (Å²) >= 11 is 0. The number of allylic oxidation sites excluding steroid dienone is 1. The molecule has 0 amide bonds. The van der Waals surface area contributed by atoms with Crippen molar-refractivity contribution < 1.29 is 26.3 Å². The van der Waals surface area contributed by atoms with Gasteiger partial charge in [-0.15, -0.1) is 0 Å². The number of halogens is 3. The van der Waals surface area contributed by atoms with Crippen LogP contribution in [0, 0.1) is 17.5 Å². The number of rotatable bonds is 5. The van der Waals surface area contributed by atoms with Gasteiger partial charge in [-0.25, -0.2) is 21.6 Å². The average molecular weight is 411 g/mol. The highest BCUT2D eigenvalue weighted by atomic mass is 32.2. The lowest BCUT2D eigenvalue weighted by Crippen LogP contribution is -2.33. The van der Waals surface area contributed by atoms with Crippen molar-refractivity contribution in [1.82, 2.24) is 0 Å². The Labute approximate surface area is 161 Å². The van der Waals surface area contributed by atoms with Crippen LogP contribution in [0.25, 0.3) is 0 Å². The summed E-state index contributed by atoms with van der Waals surface area (Å²) in [5, 5.41) is 0. The number of hydrogen-bond donors (Lipinski definition) is 1. The van der Waals surface area contributed by atoms with Crippen LogP contribution in [0.5, 0.6) is 5.75 Å². The maximum atomic E-state index is 14.0. The number of nitrogens with two attached hydrogens (primary N) is 1. The molecule has 0 radical (unpaired) electrons. The van der Waals surface area contributed by atoms with Crippen LogP contribution in [0.2, 0.25) is 0 Å². The second-order valence-electron chi connectivity index (χ2n) is 6.89. The zero-order valence-corrected chi connectivity index (χ0v) is 16.0. The fraction of sp³-hybridized carbons (Fsp3) is 0.300. The molecule has 0 unspecified atom stereocenters. The predicted molar refractivity (Wildman–Crippen MR) is 99.4 cm³/mol. The van der Waals surface area contributed by atoms with Gasteiger partial charge in [-0.3, -0.25) is 0 Å². The molecule has 3 rings (SSSR count). The Morgan fingerprint density at radius 2 is 1.71 bits per heavy atom.